The molecular weight excluding hydrogens is 256 g/mol. The van der Waals surface area contributed by atoms with Gasteiger partial charge in [0.1, 0.15) is 6.04 Å². The number of nitrogens with one attached hydrogen (secondary N) is 2. The first kappa shape index (κ1) is 14.8. The van der Waals surface area contributed by atoms with E-state index in [0.29, 0.717) is 25.3 Å². The minimum atomic E-state index is -0.637. The first-order chi connectivity index (χ1) is 9.60. The Balaban J connectivity index is 1.80. The van der Waals surface area contributed by atoms with Crippen LogP contribution in [-0.2, 0) is 9.59 Å². The van der Waals surface area contributed by atoms with Crippen LogP contribution < -0.4 is 16.4 Å². The van der Waals surface area contributed by atoms with Crippen LogP contribution in [0.15, 0.2) is 0 Å². The first-order valence-electron chi connectivity index (χ1n) is 7.33. The third-order valence-electron chi connectivity index (χ3n) is 4.01. The summed E-state index contributed by atoms with van der Waals surface area (Å²) in [7, 11) is 0. The zero-order chi connectivity index (χ0) is 14.5. The molecule has 0 radical (unpaired) electrons. The van der Waals surface area contributed by atoms with E-state index in [1.807, 2.05) is 0 Å². The van der Waals surface area contributed by atoms with Crippen molar-refractivity contribution in [1.82, 2.24) is 10.6 Å². The third-order valence-corrected chi connectivity index (χ3v) is 4.01. The Morgan fingerprint density at radius 1 is 1.45 bits per heavy atom. The highest BCUT2D eigenvalue weighted by Crippen LogP contribution is 2.33. The predicted molar refractivity (Wildman–Crippen MR) is 73.2 cm³/mol. The summed E-state index contributed by atoms with van der Waals surface area (Å²) < 4.78 is 0. The minimum absolute atomic E-state index is 0.0203. The number of nitrogens with zero attached hydrogens (tertiary/aromatic N) is 1. The lowest BCUT2D eigenvalue weighted by molar-refractivity contribution is -0.128. The van der Waals surface area contributed by atoms with Gasteiger partial charge in [-0.2, -0.15) is 5.26 Å². The van der Waals surface area contributed by atoms with Crippen LogP contribution in [0, 0.1) is 23.2 Å². The van der Waals surface area contributed by atoms with Crippen molar-refractivity contribution in [2.24, 2.45) is 17.6 Å². The summed E-state index contributed by atoms with van der Waals surface area (Å²) in [5, 5.41) is 14.6. The number of nitriles is 1. The predicted octanol–water partition coefficient (Wildman–Crippen LogP) is 0.0385. The topological polar surface area (TPSA) is 108 Å². The molecular formula is C14H22N4O2. The van der Waals surface area contributed by atoms with Gasteiger partial charge in [-0.15, -0.1) is 0 Å². The second kappa shape index (κ2) is 6.71. The molecule has 0 spiro atoms. The fraction of sp³-hybridized carbons (Fsp3) is 0.786. The fourth-order valence-electron chi connectivity index (χ4n) is 2.59. The van der Waals surface area contributed by atoms with Crippen LogP contribution in [0.4, 0.5) is 0 Å². The summed E-state index contributed by atoms with van der Waals surface area (Å²) in [5.74, 6) is 0.0847. The molecule has 1 saturated heterocycles. The van der Waals surface area contributed by atoms with Gasteiger partial charge >= 0.3 is 0 Å². The van der Waals surface area contributed by atoms with Gasteiger partial charge in [-0.3, -0.25) is 9.59 Å². The summed E-state index contributed by atoms with van der Waals surface area (Å²) in [6.07, 6.45) is 5.03. The number of carbonyl (C=O) groups is 2. The molecule has 20 heavy (non-hydrogen) atoms. The van der Waals surface area contributed by atoms with Crippen LogP contribution >= 0.6 is 0 Å². The van der Waals surface area contributed by atoms with Crippen LogP contribution in [0.5, 0.6) is 0 Å². The van der Waals surface area contributed by atoms with Crippen molar-refractivity contribution in [2.75, 3.05) is 6.54 Å². The van der Waals surface area contributed by atoms with Gasteiger partial charge in [0.25, 0.3) is 0 Å². The zero-order valence-corrected chi connectivity index (χ0v) is 11.6. The van der Waals surface area contributed by atoms with Crippen molar-refractivity contribution in [3.8, 4) is 6.07 Å². The van der Waals surface area contributed by atoms with E-state index in [1.165, 1.54) is 0 Å². The number of nitrogens with two attached hydrogens (primary N) is 1. The Hall–Kier alpha value is -1.61. The highest BCUT2D eigenvalue weighted by atomic mass is 16.2. The molecule has 2 rings (SSSR count). The van der Waals surface area contributed by atoms with Crippen molar-refractivity contribution < 1.29 is 9.59 Å². The maximum Gasteiger partial charge on any atom is 0.237 e. The van der Waals surface area contributed by atoms with Crippen molar-refractivity contribution in [3.63, 3.8) is 0 Å². The number of carbonyl (C=O) groups excluding carboxylic acids is 2. The molecule has 0 aromatic carbocycles. The Morgan fingerprint density at radius 2 is 2.20 bits per heavy atom. The molecule has 110 valence electrons. The third kappa shape index (κ3) is 4.20. The molecule has 1 heterocycles. The van der Waals surface area contributed by atoms with E-state index in [4.69, 9.17) is 11.0 Å². The largest absolute Gasteiger partial charge is 0.356 e. The first-order valence-corrected chi connectivity index (χ1v) is 7.33. The number of hydrogen-bond acceptors (Lipinski definition) is 4. The number of piperidine rings is 1. The molecule has 1 aliphatic heterocycles. The molecule has 3 atom stereocenters. The van der Waals surface area contributed by atoms with E-state index in [-0.39, 0.29) is 17.7 Å². The van der Waals surface area contributed by atoms with Crippen LogP contribution in [0.3, 0.4) is 0 Å². The van der Waals surface area contributed by atoms with Gasteiger partial charge in [0.2, 0.25) is 11.8 Å². The van der Waals surface area contributed by atoms with Crippen LogP contribution in [0.1, 0.15) is 38.5 Å². The fourth-order valence-corrected chi connectivity index (χ4v) is 2.59. The number of amides is 2. The molecule has 6 heteroatoms. The lowest BCUT2D eigenvalue weighted by Gasteiger charge is -2.24. The maximum absolute atomic E-state index is 11.9. The number of rotatable bonds is 6. The van der Waals surface area contributed by atoms with Gasteiger partial charge < -0.3 is 16.4 Å². The van der Waals surface area contributed by atoms with Gasteiger partial charge in [-0.1, -0.05) is 12.8 Å². The molecule has 0 aromatic heterocycles. The van der Waals surface area contributed by atoms with E-state index >= 15 is 0 Å². The van der Waals surface area contributed by atoms with Gasteiger partial charge in [0, 0.05) is 12.5 Å². The van der Waals surface area contributed by atoms with Crippen molar-refractivity contribution in [1.29, 1.82) is 5.26 Å². The molecule has 6 nitrogen and oxygen atoms in total. The Labute approximate surface area is 119 Å². The maximum atomic E-state index is 11.9. The van der Waals surface area contributed by atoms with Crippen LogP contribution in [-0.4, -0.2) is 30.4 Å². The van der Waals surface area contributed by atoms with E-state index < -0.39 is 12.1 Å². The average molecular weight is 278 g/mol. The lowest BCUT2D eigenvalue weighted by atomic mass is 9.92. The Morgan fingerprint density at radius 3 is 2.80 bits per heavy atom. The molecule has 2 aliphatic rings. The molecule has 2 fully saturated rings. The van der Waals surface area contributed by atoms with E-state index in [1.54, 1.807) is 0 Å². The summed E-state index contributed by atoms with van der Waals surface area (Å²) in [4.78, 5) is 23.6. The van der Waals surface area contributed by atoms with Crippen LogP contribution in [0.2, 0.25) is 0 Å². The zero-order valence-electron chi connectivity index (χ0n) is 11.6. The van der Waals surface area contributed by atoms with Crippen molar-refractivity contribution >= 4 is 11.8 Å². The lowest BCUT2D eigenvalue weighted by Crippen LogP contribution is -2.47. The molecule has 2 unspecified atom stereocenters. The smallest absolute Gasteiger partial charge is 0.237 e. The van der Waals surface area contributed by atoms with Gasteiger partial charge in [0.05, 0.1) is 12.1 Å². The van der Waals surface area contributed by atoms with E-state index in [0.717, 1.165) is 25.7 Å². The summed E-state index contributed by atoms with van der Waals surface area (Å²) in [5.41, 5.74) is 5.82. The standard InChI is InChI=1S/C14H22N4O2/c15-8-11(7-10-2-1-5-17-13(10)19)18-14(20)12(16)6-9-3-4-9/h9-12H,1-7,16H2,(H,17,19)(H,18,20)/t10-,11?,12?/m0/s1. The molecule has 0 aromatic rings. The average Bonchev–Trinajstić information content (AvgIpc) is 3.24. The molecule has 1 aliphatic carbocycles. The quantitative estimate of drug-likeness (QED) is 0.637. The highest BCUT2D eigenvalue weighted by Gasteiger charge is 2.30. The normalized spacial score (nSPS) is 25.2. The molecule has 1 saturated carbocycles. The summed E-state index contributed by atoms with van der Waals surface area (Å²) >= 11 is 0. The SMILES string of the molecule is N#CC(C[C@@H]1CCCNC1=O)NC(=O)C(N)CC1CC1. The molecule has 4 N–H and O–H groups in total. The Kier molecular flexibility index (Phi) is 4.96. The highest BCUT2D eigenvalue weighted by molar-refractivity contribution is 5.82. The Bertz CT molecular complexity index is 414. The monoisotopic (exact) mass is 278 g/mol. The van der Waals surface area contributed by atoms with Gasteiger partial charge in [-0.25, -0.2) is 0 Å². The number of hydrogen-bond donors (Lipinski definition) is 3. The molecule has 2 amide bonds. The van der Waals surface area contributed by atoms with Crippen molar-refractivity contribution in [2.45, 2.75) is 50.6 Å². The van der Waals surface area contributed by atoms with Gasteiger partial charge in [-0.05, 0) is 31.6 Å². The van der Waals surface area contributed by atoms with E-state index in [2.05, 4.69) is 16.7 Å². The molecule has 0 bridgehead atoms. The van der Waals surface area contributed by atoms with Gasteiger partial charge in [0.15, 0.2) is 0 Å². The second-order valence-corrected chi connectivity index (χ2v) is 5.84. The summed E-state index contributed by atoms with van der Waals surface area (Å²) in [6.45, 7) is 0.700. The summed E-state index contributed by atoms with van der Waals surface area (Å²) in [6, 6.07) is 0.877. The van der Waals surface area contributed by atoms with E-state index in [9.17, 15) is 9.59 Å². The second-order valence-electron chi connectivity index (χ2n) is 5.84. The van der Waals surface area contributed by atoms with Crippen molar-refractivity contribution in [3.05, 3.63) is 0 Å². The van der Waals surface area contributed by atoms with Crippen LogP contribution in [0.25, 0.3) is 0 Å². The minimum Gasteiger partial charge on any atom is -0.356 e.